The highest BCUT2D eigenvalue weighted by Gasteiger charge is 2.29. The minimum atomic E-state index is -0.672. The van der Waals surface area contributed by atoms with Crippen LogP contribution >= 0.6 is 0 Å². The van der Waals surface area contributed by atoms with E-state index < -0.39 is 6.10 Å². The summed E-state index contributed by atoms with van der Waals surface area (Å²) in [6, 6.07) is 7.27. The molecule has 3 nitrogen and oxygen atoms in total. The number of carbonyl (C=O) groups is 1. The topological polar surface area (TPSA) is 46.5 Å². The molecule has 92 valence electrons. The molecule has 0 radical (unpaired) electrons. The van der Waals surface area contributed by atoms with Crippen LogP contribution in [0.15, 0.2) is 24.3 Å². The lowest BCUT2D eigenvalue weighted by atomic mass is 9.82. The molecule has 2 rings (SSSR count). The van der Waals surface area contributed by atoms with E-state index in [1.165, 1.54) is 0 Å². The highest BCUT2D eigenvalue weighted by molar-refractivity contribution is 5.82. The first-order valence-corrected chi connectivity index (χ1v) is 6.07. The van der Waals surface area contributed by atoms with Gasteiger partial charge in [-0.3, -0.25) is 4.79 Å². The quantitative estimate of drug-likeness (QED) is 0.874. The molecular formula is C14H18O3. The minimum Gasteiger partial charge on any atom is -0.497 e. The molecule has 0 spiro atoms. The van der Waals surface area contributed by atoms with Crippen LogP contribution in [0, 0.1) is 5.92 Å². The summed E-state index contributed by atoms with van der Waals surface area (Å²) in [5, 5.41) is 10.2. The molecule has 17 heavy (non-hydrogen) atoms. The summed E-state index contributed by atoms with van der Waals surface area (Å²) in [4.78, 5) is 11.7. The third-order valence-electron chi connectivity index (χ3n) is 3.44. The average molecular weight is 234 g/mol. The molecular weight excluding hydrogens is 216 g/mol. The van der Waals surface area contributed by atoms with Crippen molar-refractivity contribution in [3.63, 3.8) is 0 Å². The van der Waals surface area contributed by atoms with Crippen molar-refractivity contribution < 1.29 is 14.6 Å². The smallest absolute Gasteiger partial charge is 0.138 e. The van der Waals surface area contributed by atoms with Crippen LogP contribution in [0.2, 0.25) is 0 Å². The van der Waals surface area contributed by atoms with Gasteiger partial charge in [-0.25, -0.2) is 0 Å². The number of carbonyl (C=O) groups excluding carboxylic acids is 1. The van der Waals surface area contributed by atoms with E-state index in [0.717, 1.165) is 30.6 Å². The fourth-order valence-electron chi connectivity index (χ4n) is 2.38. The van der Waals surface area contributed by atoms with Crippen LogP contribution in [0.5, 0.6) is 5.75 Å². The number of benzene rings is 1. The van der Waals surface area contributed by atoms with Crippen molar-refractivity contribution in [1.82, 2.24) is 0 Å². The maximum absolute atomic E-state index is 11.7. The van der Waals surface area contributed by atoms with Crippen molar-refractivity contribution in [2.45, 2.75) is 31.8 Å². The van der Waals surface area contributed by atoms with Crippen LogP contribution < -0.4 is 4.74 Å². The van der Waals surface area contributed by atoms with Gasteiger partial charge in [0.2, 0.25) is 0 Å². The molecule has 0 saturated heterocycles. The normalized spacial score (nSPS) is 22.2. The molecule has 0 heterocycles. The summed E-state index contributed by atoms with van der Waals surface area (Å²) in [5.74, 6) is 0.729. The van der Waals surface area contributed by atoms with E-state index in [-0.39, 0.29) is 11.7 Å². The van der Waals surface area contributed by atoms with Gasteiger partial charge in [0.05, 0.1) is 13.2 Å². The SMILES string of the molecule is COc1ccc(C(O)C2CCCCC2=O)cc1. The first-order valence-electron chi connectivity index (χ1n) is 6.07. The summed E-state index contributed by atoms with van der Waals surface area (Å²) in [6.07, 6.45) is 2.73. The maximum atomic E-state index is 11.7. The van der Waals surface area contributed by atoms with E-state index in [1.807, 2.05) is 24.3 Å². The van der Waals surface area contributed by atoms with Gasteiger partial charge in [-0.05, 0) is 30.5 Å². The van der Waals surface area contributed by atoms with Crippen molar-refractivity contribution >= 4 is 5.78 Å². The fraction of sp³-hybridized carbons (Fsp3) is 0.500. The van der Waals surface area contributed by atoms with Crippen LogP contribution in [0.1, 0.15) is 37.4 Å². The summed E-state index contributed by atoms with van der Waals surface area (Å²) in [7, 11) is 1.61. The lowest BCUT2D eigenvalue weighted by Crippen LogP contribution is -2.25. The molecule has 1 aliphatic rings. The van der Waals surface area contributed by atoms with Crippen molar-refractivity contribution in [3.8, 4) is 5.75 Å². The van der Waals surface area contributed by atoms with Crippen molar-refractivity contribution in [2.24, 2.45) is 5.92 Å². The second-order valence-electron chi connectivity index (χ2n) is 4.54. The van der Waals surface area contributed by atoms with Gasteiger partial charge in [-0.1, -0.05) is 18.6 Å². The lowest BCUT2D eigenvalue weighted by Gasteiger charge is -2.25. The third-order valence-corrected chi connectivity index (χ3v) is 3.44. The number of hydrogen-bond donors (Lipinski definition) is 1. The van der Waals surface area contributed by atoms with Gasteiger partial charge >= 0.3 is 0 Å². The standard InChI is InChI=1S/C14H18O3/c1-17-11-8-6-10(7-9-11)14(16)12-4-2-3-5-13(12)15/h6-9,12,14,16H,2-5H2,1H3. The molecule has 1 fully saturated rings. The number of hydrogen-bond acceptors (Lipinski definition) is 3. The van der Waals surface area contributed by atoms with E-state index in [9.17, 15) is 9.90 Å². The zero-order valence-electron chi connectivity index (χ0n) is 10.1. The van der Waals surface area contributed by atoms with Gasteiger partial charge in [0, 0.05) is 12.3 Å². The van der Waals surface area contributed by atoms with Gasteiger partial charge < -0.3 is 9.84 Å². The molecule has 1 aromatic rings. The number of aliphatic hydroxyl groups excluding tert-OH is 1. The largest absolute Gasteiger partial charge is 0.497 e. The Hall–Kier alpha value is -1.35. The van der Waals surface area contributed by atoms with Crippen LogP contribution in [0.25, 0.3) is 0 Å². The average Bonchev–Trinajstić information content (AvgIpc) is 2.39. The molecule has 0 aliphatic heterocycles. The Labute approximate surface area is 101 Å². The van der Waals surface area contributed by atoms with E-state index in [4.69, 9.17) is 4.74 Å². The minimum absolute atomic E-state index is 0.194. The lowest BCUT2D eigenvalue weighted by molar-refractivity contribution is -0.128. The Balaban J connectivity index is 2.12. The van der Waals surface area contributed by atoms with Crippen LogP contribution in [-0.2, 0) is 4.79 Å². The Bertz CT molecular complexity index is 383. The first-order chi connectivity index (χ1) is 8.22. The Kier molecular flexibility index (Phi) is 3.79. The number of rotatable bonds is 3. The Morgan fingerprint density at radius 3 is 2.59 bits per heavy atom. The number of methoxy groups -OCH3 is 1. The van der Waals surface area contributed by atoms with E-state index >= 15 is 0 Å². The van der Waals surface area contributed by atoms with Gasteiger partial charge in [0.25, 0.3) is 0 Å². The van der Waals surface area contributed by atoms with E-state index in [2.05, 4.69) is 0 Å². The van der Waals surface area contributed by atoms with Crippen molar-refractivity contribution in [1.29, 1.82) is 0 Å². The molecule has 1 aliphatic carbocycles. The molecule has 1 saturated carbocycles. The van der Waals surface area contributed by atoms with Gasteiger partial charge in [0.1, 0.15) is 11.5 Å². The summed E-state index contributed by atoms with van der Waals surface area (Å²) < 4.78 is 5.07. The Morgan fingerprint density at radius 2 is 2.00 bits per heavy atom. The highest BCUT2D eigenvalue weighted by Crippen LogP contribution is 2.32. The predicted molar refractivity (Wildman–Crippen MR) is 64.9 cm³/mol. The fourth-order valence-corrected chi connectivity index (χ4v) is 2.38. The molecule has 3 heteroatoms. The van der Waals surface area contributed by atoms with Crippen LogP contribution in [0.4, 0.5) is 0 Å². The number of ketones is 1. The molecule has 2 atom stereocenters. The number of aliphatic hydroxyl groups is 1. The van der Waals surface area contributed by atoms with Crippen LogP contribution in [0.3, 0.4) is 0 Å². The van der Waals surface area contributed by atoms with E-state index in [1.54, 1.807) is 7.11 Å². The number of ether oxygens (including phenoxy) is 1. The van der Waals surface area contributed by atoms with Gasteiger partial charge in [-0.2, -0.15) is 0 Å². The monoisotopic (exact) mass is 234 g/mol. The molecule has 0 bridgehead atoms. The Morgan fingerprint density at radius 1 is 1.29 bits per heavy atom. The zero-order valence-corrected chi connectivity index (χ0v) is 10.1. The molecule has 0 aromatic heterocycles. The summed E-state index contributed by atoms with van der Waals surface area (Å²) in [5.41, 5.74) is 0.797. The second kappa shape index (κ2) is 5.32. The van der Waals surface area contributed by atoms with Gasteiger partial charge in [-0.15, -0.1) is 0 Å². The molecule has 1 N–H and O–H groups in total. The van der Waals surface area contributed by atoms with Crippen molar-refractivity contribution in [3.05, 3.63) is 29.8 Å². The van der Waals surface area contributed by atoms with Crippen molar-refractivity contribution in [2.75, 3.05) is 7.11 Å². The maximum Gasteiger partial charge on any atom is 0.138 e. The zero-order chi connectivity index (χ0) is 12.3. The summed E-state index contributed by atoms with van der Waals surface area (Å²) >= 11 is 0. The molecule has 0 amide bonds. The number of Topliss-reactive ketones (excluding diaryl/α,β-unsaturated/α-hetero) is 1. The highest BCUT2D eigenvalue weighted by atomic mass is 16.5. The first kappa shape index (κ1) is 12.1. The molecule has 1 aromatic carbocycles. The van der Waals surface area contributed by atoms with Gasteiger partial charge in [0.15, 0.2) is 0 Å². The third kappa shape index (κ3) is 2.67. The van der Waals surface area contributed by atoms with E-state index in [0.29, 0.717) is 6.42 Å². The molecule has 2 unspecified atom stereocenters. The van der Waals surface area contributed by atoms with Crippen LogP contribution in [-0.4, -0.2) is 18.0 Å². The second-order valence-corrected chi connectivity index (χ2v) is 4.54. The summed E-state index contributed by atoms with van der Waals surface area (Å²) in [6.45, 7) is 0. The predicted octanol–water partition coefficient (Wildman–Crippen LogP) is 2.49.